The Bertz CT molecular complexity index is 29.5. The van der Waals surface area contributed by atoms with Crippen LogP contribution in [-0.2, 0) is 0 Å². The summed E-state index contributed by atoms with van der Waals surface area (Å²) in [6.07, 6.45) is 0. The van der Waals surface area contributed by atoms with E-state index in [9.17, 15) is 0 Å². The van der Waals surface area contributed by atoms with Crippen molar-refractivity contribution in [3.8, 4) is 5.40 Å². The first kappa shape index (κ1) is 8.82. The number of hydrogen-bond donors (Lipinski definition) is 1. The van der Waals surface area contributed by atoms with E-state index in [1.54, 1.807) is 0 Å². The number of thiocyanates is 1. The topological polar surface area (TPSA) is 23.8 Å². The summed E-state index contributed by atoms with van der Waals surface area (Å²) >= 11 is 3.09. The van der Waals surface area contributed by atoms with E-state index in [-0.39, 0.29) is 23.9 Å². The van der Waals surface area contributed by atoms with E-state index in [1.165, 1.54) is 5.40 Å². The molecule has 0 atom stereocenters. The van der Waals surface area contributed by atoms with E-state index in [0.29, 0.717) is 0 Å². The predicted octanol–water partition coefficient (Wildman–Crippen LogP) is -0.519. The zero-order valence-corrected chi connectivity index (χ0v) is 7.03. The van der Waals surface area contributed by atoms with Crippen LogP contribution in [0.3, 0.4) is 0 Å². The Morgan fingerprint density at radius 1 is 1.75 bits per heavy atom. The Balaban J connectivity index is 0. The summed E-state index contributed by atoms with van der Waals surface area (Å²) in [5, 5.41) is 8.63. The first-order valence-electron chi connectivity index (χ1n) is 0.447. The van der Waals surface area contributed by atoms with E-state index in [0.717, 1.165) is 0 Å². The molecule has 3 heteroatoms. The molecule has 0 rings (SSSR count). The van der Waals surface area contributed by atoms with Crippen molar-refractivity contribution in [1.29, 1.82) is 5.26 Å². The second-order valence-electron chi connectivity index (χ2n) is 0.100. The van der Waals surface area contributed by atoms with Gasteiger partial charge in [0.05, 0.1) is 0 Å². The van der Waals surface area contributed by atoms with E-state index >= 15 is 0 Å². The maximum atomic E-state index is 7.18. The summed E-state index contributed by atoms with van der Waals surface area (Å²) in [5.74, 6) is 0. The number of nitriles is 1. The SMILES string of the molecule is N#CS.[SnH2]. The summed E-state index contributed by atoms with van der Waals surface area (Å²) in [4.78, 5) is 0. The molecule has 0 saturated heterocycles. The molecule has 1 nitrogen and oxygen atoms in total. The van der Waals surface area contributed by atoms with Crippen molar-refractivity contribution >= 4 is 36.5 Å². The van der Waals surface area contributed by atoms with Crippen LogP contribution in [0.4, 0.5) is 0 Å². The Hall–Kier alpha value is 0.639. The van der Waals surface area contributed by atoms with Gasteiger partial charge in [0.1, 0.15) is 5.40 Å². The van der Waals surface area contributed by atoms with Gasteiger partial charge in [-0.25, -0.2) is 0 Å². The zero-order valence-electron chi connectivity index (χ0n) is 2.10. The molecule has 0 aromatic heterocycles. The molecule has 22 valence electrons. The summed E-state index contributed by atoms with van der Waals surface area (Å²) in [7, 11) is 0. The first-order valence-corrected chi connectivity index (χ1v) is 0.894. The van der Waals surface area contributed by atoms with Crippen LogP contribution < -0.4 is 0 Å². The fourth-order valence-electron chi connectivity index (χ4n) is 0. The predicted molar refractivity (Wildman–Crippen MR) is 23.1 cm³/mol. The molecule has 4 heavy (non-hydrogen) atoms. The van der Waals surface area contributed by atoms with Gasteiger partial charge in [-0.3, -0.25) is 0 Å². The van der Waals surface area contributed by atoms with Crippen molar-refractivity contribution in [2.45, 2.75) is 0 Å². The molecule has 0 aliphatic rings. The van der Waals surface area contributed by atoms with E-state index in [1.807, 2.05) is 0 Å². The van der Waals surface area contributed by atoms with Crippen LogP contribution in [-0.4, -0.2) is 23.9 Å². The molecule has 0 fully saturated rings. The molecule has 0 aromatic carbocycles. The third kappa shape index (κ3) is 17.4. The van der Waals surface area contributed by atoms with Crippen molar-refractivity contribution in [3.63, 3.8) is 0 Å². The van der Waals surface area contributed by atoms with Crippen molar-refractivity contribution in [3.05, 3.63) is 0 Å². The molecule has 0 N–H and O–H groups in total. The number of rotatable bonds is 0. The van der Waals surface area contributed by atoms with Gasteiger partial charge >= 0.3 is 23.9 Å². The van der Waals surface area contributed by atoms with Crippen LogP contribution in [0.5, 0.6) is 0 Å². The quantitative estimate of drug-likeness (QED) is 0.302. The minimum absolute atomic E-state index is 0. The van der Waals surface area contributed by atoms with Gasteiger partial charge in [-0.15, -0.1) is 0 Å². The molecule has 0 aromatic rings. The van der Waals surface area contributed by atoms with Gasteiger partial charge in [-0.05, 0) is 0 Å². The standard InChI is InChI=1S/CHNS.Sn.2H/c2-1-3;;;/h3H;;;. The summed E-state index contributed by atoms with van der Waals surface area (Å²) in [6.45, 7) is 0. The summed E-state index contributed by atoms with van der Waals surface area (Å²) in [6, 6.07) is 0. The molecule has 0 spiro atoms. The fraction of sp³-hybridized carbons (Fsp3) is 0. The minimum atomic E-state index is 0. The zero-order chi connectivity index (χ0) is 2.71. The Labute approximate surface area is 47.4 Å². The Kier molecular flexibility index (Phi) is 20.8. The molecule has 0 saturated carbocycles. The van der Waals surface area contributed by atoms with E-state index < -0.39 is 0 Å². The van der Waals surface area contributed by atoms with Crippen LogP contribution in [0.25, 0.3) is 0 Å². The van der Waals surface area contributed by atoms with Crippen LogP contribution in [0.2, 0.25) is 0 Å². The van der Waals surface area contributed by atoms with Gasteiger partial charge < -0.3 is 0 Å². The second kappa shape index (κ2) is 9.43. The van der Waals surface area contributed by atoms with Gasteiger partial charge in [-0.1, -0.05) is 12.6 Å². The van der Waals surface area contributed by atoms with Crippen LogP contribution in [0, 0.1) is 10.7 Å². The normalized spacial score (nSPS) is 2.00. The molecule has 0 bridgehead atoms. The average Bonchev–Trinajstić information content (AvgIpc) is 0.918. The third-order valence-electron chi connectivity index (χ3n) is 0. The maximum absolute atomic E-state index is 7.18. The Morgan fingerprint density at radius 3 is 1.75 bits per heavy atom. The average molecular weight is 180 g/mol. The van der Waals surface area contributed by atoms with Crippen molar-refractivity contribution in [2.75, 3.05) is 0 Å². The molecule has 0 amide bonds. The van der Waals surface area contributed by atoms with E-state index in [4.69, 9.17) is 5.26 Å². The molecule has 0 aliphatic heterocycles. The fourth-order valence-corrected chi connectivity index (χ4v) is 0. The van der Waals surface area contributed by atoms with Crippen molar-refractivity contribution < 1.29 is 0 Å². The van der Waals surface area contributed by atoms with Crippen LogP contribution >= 0.6 is 12.6 Å². The summed E-state index contributed by atoms with van der Waals surface area (Å²) in [5.41, 5.74) is 0. The van der Waals surface area contributed by atoms with Crippen LogP contribution in [0.15, 0.2) is 0 Å². The van der Waals surface area contributed by atoms with Crippen LogP contribution in [0.1, 0.15) is 0 Å². The molecule has 0 unspecified atom stereocenters. The van der Waals surface area contributed by atoms with Gasteiger partial charge in [-0.2, -0.15) is 5.26 Å². The number of nitrogens with zero attached hydrogens (tertiary/aromatic N) is 1. The van der Waals surface area contributed by atoms with Gasteiger partial charge in [0.2, 0.25) is 0 Å². The first-order chi connectivity index (χ1) is 1.41. The molecule has 0 aliphatic carbocycles. The second-order valence-corrected chi connectivity index (χ2v) is 0.300. The molecule has 0 heterocycles. The molecular formula is CH3NSSn. The van der Waals surface area contributed by atoms with Crippen molar-refractivity contribution in [2.24, 2.45) is 0 Å². The monoisotopic (exact) mass is 181 g/mol. The Morgan fingerprint density at radius 2 is 1.75 bits per heavy atom. The van der Waals surface area contributed by atoms with Crippen molar-refractivity contribution in [1.82, 2.24) is 0 Å². The number of hydrogen-bond acceptors (Lipinski definition) is 2. The number of thiol groups is 1. The molecular weight excluding hydrogens is 177 g/mol. The van der Waals surface area contributed by atoms with Gasteiger partial charge in [0, 0.05) is 0 Å². The third-order valence-corrected chi connectivity index (χ3v) is 0. The van der Waals surface area contributed by atoms with E-state index in [2.05, 4.69) is 12.6 Å². The summed E-state index contributed by atoms with van der Waals surface area (Å²) < 4.78 is 0. The molecule has 2 radical (unpaired) electrons. The van der Waals surface area contributed by atoms with Gasteiger partial charge in [0.15, 0.2) is 0 Å². The van der Waals surface area contributed by atoms with Gasteiger partial charge in [0.25, 0.3) is 0 Å².